The molecule has 8 heteroatoms. The molecule has 0 radical (unpaired) electrons. The summed E-state index contributed by atoms with van der Waals surface area (Å²) in [5, 5.41) is 2.21. The predicted molar refractivity (Wildman–Crippen MR) is 55.1 cm³/mol. The maximum Gasteiger partial charge on any atom is 0.322 e. The van der Waals surface area contributed by atoms with Crippen LogP contribution in [0.4, 0.5) is 14.7 Å². The van der Waals surface area contributed by atoms with Gasteiger partial charge in [-0.1, -0.05) is 0 Å². The molecule has 1 heterocycles. The second-order valence-electron chi connectivity index (χ2n) is 3.15. The van der Waals surface area contributed by atoms with E-state index in [4.69, 9.17) is 16.3 Å². The Labute approximate surface area is 96.2 Å². The molecule has 0 aliphatic rings. The minimum absolute atomic E-state index is 0.00627. The summed E-state index contributed by atoms with van der Waals surface area (Å²) in [4.78, 5) is 11.1. The van der Waals surface area contributed by atoms with Crippen LogP contribution >= 0.6 is 11.6 Å². The van der Waals surface area contributed by atoms with Gasteiger partial charge in [-0.3, -0.25) is 0 Å². The SMILES string of the molecule is CC(C)Oc1nc(Cl)nc(NCC(F)F)n1. The number of anilines is 1. The molecule has 5 nitrogen and oxygen atoms in total. The summed E-state index contributed by atoms with van der Waals surface area (Å²) in [7, 11) is 0. The first kappa shape index (κ1) is 12.8. The first-order valence-corrected chi connectivity index (χ1v) is 4.95. The Morgan fingerprint density at radius 1 is 1.31 bits per heavy atom. The average Bonchev–Trinajstić information content (AvgIpc) is 2.12. The van der Waals surface area contributed by atoms with Gasteiger partial charge in [0.15, 0.2) is 0 Å². The summed E-state index contributed by atoms with van der Waals surface area (Å²) in [5.74, 6) is -0.0315. The standard InChI is InChI=1S/C8H11ClF2N4O/c1-4(2)16-8-14-6(9)13-7(15-8)12-3-5(10)11/h4-5H,3H2,1-2H3,(H,12,13,14,15). The van der Waals surface area contributed by atoms with E-state index < -0.39 is 13.0 Å². The highest BCUT2D eigenvalue weighted by atomic mass is 35.5. The fourth-order valence-corrected chi connectivity index (χ4v) is 0.995. The maximum atomic E-state index is 11.9. The van der Waals surface area contributed by atoms with Crippen molar-refractivity contribution in [1.29, 1.82) is 0 Å². The smallest absolute Gasteiger partial charge is 0.322 e. The zero-order chi connectivity index (χ0) is 12.1. The van der Waals surface area contributed by atoms with Crippen molar-refractivity contribution in [1.82, 2.24) is 15.0 Å². The van der Waals surface area contributed by atoms with Crippen LogP contribution in [0.5, 0.6) is 6.01 Å². The lowest BCUT2D eigenvalue weighted by molar-refractivity contribution is 0.163. The van der Waals surface area contributed by atoms with Gasteiger partial charge in [0.25, 0.3) is 6.43 Å². The van der Waals surface area contributed by atoms with E-state index in [0.717, 1.165) is 0 Å². The number of nitrogens with zero attached hydrogens (tertiary/aromatic N) is 3. The maximum absolute atomic E-state index is 11.9. The van der Waals surface area contributed by atoms with Crippen LogP contribution in [-0.2, 0) is 0 Å². The van der Waals surface area contributed by atoms with E-state index in [1.165, 1.54) is 0 Å². The molecule has 1 aromatic heterocycles. The lowest BCUT2D eigenvalue weighted by Crippen LogP contribution is -2.15. The van der Waals surface area contributed by atoms with E-state index in [2.05, 4.69) is 20.3 Å². The average molecular weight is 253 g/mol. The molecule has 1 rings (SSSR count). The summed E-state index contributed by atoms with van der Waals surface area (Å²) in [6, 6.07) is 0.00627. The van der Waals surface area contributed by atoms with Crippen molar-refractivity contribution >= 4 is 17.5 Å². The topological polar surface area (TPSA) is 59.9 Å². The van der Waals surface area contributed by atoms with Crippen molar-refractivity contribution < 1.29 is 13.5 Å². The second-order valence-corrected chi connectivity index (χ2v) is 3.49. The van der Waals surface area contributed by atoms with E-state index in [1.807, 2.05) is 0 Å². The van der Waals surface area contributed by atoms with Crippen LogP contribution in [0.1, 0.15) is 13.8 Å². The molecule has 0 amide bonds. The fourth-order valence-electron chi connectivity index (χ4n) is 0.843. The number of hydrogen-bond acceptors (Lipinski definition) is 5. The molecule has 1 N–H and O–H groups in total. The zero-order valence-electron chi connectivity index (χ0n) is 8.75. The molecule has 0 unspecified atom stereocenters. The quantitative estimate of drug-likeness (QED) is 0.868. The van der Waals surface area contributed by atoms with Gasteiger partial charge in [-0.05, 0) is 25.4 Å². The van der Waals surface area contributed by atoms with Gasteiger partial charge in [0.1, 0.15) is 0 Å². The van der Waals surface area contributed by atoms with Crippen molar-refractivity contribution in [3.8, 4) is 6.01 Å². The zero-order valence-corrected chi connectivity index (χ0v) is 9.50. The van der Waals surface area contributed by atoms with Gasteiger partial charge >= 0.3 is 6.01 Å². The van der Waals surface area contributed by atoms with Crippen LogP contribution in [0.15, 0.2) is 0 Å². The summed E-state index contributed by atoms with van der Waals surface area (Å²) < 4.78 is 29.0. The van der Waals surface area contributed by atoms with Crippen LogP contribution < -0.4 is 10.1 Å². The highest BCUT2D eigenvalue weighted by molar-refractivity contribution is 6.28. The summed E-state index contributed by atoms with van der Waals surface area (Å²) >= 11 is 5.58. The van der Waals surface area contributed by atoms with E-state index in [0.29, 0.717) is 0 Å². The first-order chi connectivity index (χ1) is 7.47. The number of alkyl halides is 2. The monoisotopic (exact) mass is 252 g/mol. The minimum atomic E-state index is -2.50. The number of nitrogens with one attached hydrogen (secondary N) is 1. The second kappa shape index (κ2) is 5.74. The Balaban J connectivity index is 2.73. The Bertz CT molecular complexity index is 351. The van der Waals surface area contributed by atoms with Gasteiger partial charge < -0.3 is 10.1 Å². The molecule has 0 aliphatic heterocycles. The number of ether oxygens (including phenoxy) is 1. The van der Waals surface area contributed by atoms with Crippen LogP contribution in [0, 0.1) is 0 Å². The summed E-state index contributed by atoms with van der Waals surface area (Å²) in [6.07, 6.45) is -2.63. The number of hydrogen-bond donors (Lipinski definition) is 1. The first-order valence-electron chi connectivity index (χ1n) is 4.57. The molecular formula is C8H11ClF2N4O. The van der Waals surface area contributed by atoms with Gasteiger partial charge in [-0.25, -0.2) is 8.78 Å². The molecule has 16 heavy (non-hydrogen) atoms. The predicted octanol–water partition coefficient (Wildman–Crippen LogP) is 1.99. The Morgan fingerprint density at radius 3 is 2.56 bits per heavy atom. The number of halogens is 3. The van der Waals surface area contributed by atoms with Gasteiger partial charge in [0, 0.05) is 0 Å². The molecule has 0 atom stereocenters. The van der Waals surface area contributed by atoms with Gasteiger partial charge in [-0.2, -0.15) is 15.0 Å². The van der Waals surface area contributed by atoms with E-state index >= 15 is 0 Å². The van der Waals surface area contributed by atoms with E-state index in [1.54, 1.807) is 13.8 Å². The summed E-state index contributed by atoms with van der Waals surface area (Å²) in [6.45, 7) is 3.01. The third-order valence-electron chi connectivity index (χ3n) is 1.34. The van der Waals surface area contributed by atoms with Crippen LogP contribution in [-0.4, -0.2) is 34.0 Å². The number of aromatic nitrogens is 3. The molecule has 0 aromatic carbocycles. The lowest BCUT2D eigenvalue weighted by Gasteiger charge is -2.09. The minimum Gasteiger partial charge on any atom is -0.461 e. The van der Waals surface area contributed by atoms with Gasteiger partial charge in [-0.15, -0.1) is 0 Å². The van der Waals surface area contributed by atoms with Crippen LogP contribution in [0.3, 0.4) is 0 Å². The van der Waals surface area contributed by atoms with E-state index in [9.17, 15) is 8.78 Å². The van der Waals surface area contributed by atoms with Crippen molar-refractivity contribution in [2.24, 2.45) is 0 Å². The third-order valence-corrected chi connectivity index (χ3v) is 1.51. The highest BCUT2D eigenvalue weighted by Crippen LogP contribution is 2.12. The Hall–Kier alpha value is -1.24. The van der Waals surface area contributed by atoms with Crippen LogP contribution in [0.2, 0.25) is 5.28 Å². The lowest BCUT2D eigenvalue weighted by atomic mass is 10.5. The largest absolute Gasteiger partial charge is 0.461 e. The third kappa shape index (κ3) is 4.52. The van der Waals surface area contributed by atoms with Gasteiger partial charge in [0.05, 0.1) is 12.6 Å². The van der Waals surface area contributed by atoms with Crippen molar-refractivity contribution in [2.45, 2.75) is 26.4 Å². The fraction of sp³-hybridized carbons (Fsp3) is 0.625. The van der Waals surface area contributed by atoms with E-state index in [-0.39, 0.29) is 23.3 Å². The Morgan fingerprint density at radius 2 is 2.00 bits per heavy atom. The summed E-state index contributed by atoms with van der Waals surface area (Å²) in [5.41, 5.74) is 0. The molecular weight excluding hydrogens is 242 g/mol. The highest BCUT2D eigenvalue weighted by Gasteiger charge is 2.09. The normalized spacial score (nSPS) is 10.9. The molecule has 0 saturated carbocycles. The van der Waals surface area contributed by atoms with Crippen molar-refractivity contribution in [2.75, 3.05) is 11.9 Å². The molecule has 1 aromatic rings. The van der Waals surface area contributed by atoms with Crippen molar-refractivity contribution in [3.05, 3.63) is 5.28 Å². The molecule has 90 valence electrons. The Kier molecular flexibility index (Phi) is 4.60. The van der Waals surface area contributed by atoms with Gasteiger partial charge in [0.2, 0.25) is 11.2 Å². The number of rotatable bonds is 5. The molecule has 0 bridgehead atoms. The molecule has 0 spiro atoms. The van der Waals surface area contributed by atoms with Crippen molar-refractivity contribution in [3.63, 3.8) is 0 Å². The molecule has 0 saturated heterocycles. The van der Waals surface area contributed by atoms with Crippen LogP contribution in [0.25, 0.3) is 0 Å². The molecule has 0 aliphatic carbocycles. The molecule has 0 fully saturated rings.